The molecule has 0 saturated heterocycles. The molecule has 0 unspecified atom stereocenters. The lowest BCUT2D eigenvalue weighted by Crippen LogP contribution is -2.08. The average Bonchev–Trinajstić information content (AvgIpc) is 2.35. The van der Waals surface area contributed by atoms with Crippen LogP contribution in [0.4, 0.5) is 13.2 Å². The molecule has 0 aromatic heterocycles. The lowest BCUT2D eigenvalue weighted by molar-refractivity contribution is -0.0329. The van der Waals surface area contributed by atoms with E-state index in [-0.39, 0.29) is 24.1 Å². The third-order valence-corrected chi connectivity index (χ3v) is 2.91. The minimum Gasteiger partial charge on any atom is -0.493 e. The van der Waals surface area contributed by atoms with Crippen LogP contribution < -0.4 is 14.8 Å². The van der Waals surface area contributed by atoms with Crippen LogP contribution in [0.2, 0.25) is 0 Å². The van der Waals surface area contributed by atoms with Gasteiger partial charge in [-0.05, 0) is 36.5 Å². The molecule has 0 bridgehead atoms. The molecule has 3 nitrogen and oxygen atoms in total. The van der Waals surface area contributed by atoms with E-state index in [4.69, 9.17) is 9.47 Å². The van der Waals surface area contributed by atoms with Gasteiger partial charge in [0.15, 0.2) is 11.5 Å². The molecule has 0 atom stereocenters. The summed E-state index contributed by atoms with van der Waals surface area (Å²) in [6.45, 7) is 0.659. The second-order valence-electron chi connectivity index (χ2n) is 3.66. The fourth-order valence-electron chi connectivity index (χ4n) is 1.45. The molecule has 0 aliphatic carbocycles. The van der Waals surface area contributed by atoms with Crippen molar-refractivity contribution in [1.29, 1.82) is 0 Å². The lowest BCUT2D eigenvalue weighted by Gasteiger charge is -2.12. The van der Waals surface area contributed by atoms with Gasteiger partial charge in [-0.15, -0.1) is 0 Å². The molecular formula is C12H16F3NO2S. The first kappa shape index (κ1) is 16.0. The van der Waals surface area contributed by atoms with Crippen LogP contribution in [-0.4, -0.2) is 32.0 Å². The largest absolute Gasteiger partial charge is 0.493 e. The van der Waals surface area contributed by atoms with Crippen molar-refractivity contribution in [3.8, 4) is 11.5 Å². The van der Waals surface area contributed by atoms with Gasteiger partial charge in [0, 0.05) is 12.3 Å². The van der Waals surface area contributed by atoms with Gasteiger partial charge in [0.05, 0.1) is 13.7 Å². The number of hydrogen-bond donors (Lipinski definition) is 1. The standard InChI is InChI=1S/C12H16F3NO2S/c1-16-8-9-3-4-10(11(7-9)17-2)18-5-6-19-12(13,14)15/h3-4,7,16H,5-6,8H2,1-2H3. The molecule has 0 spiro atoms. The maximum atomic E-state index is 11.9. The smallest absolute Gasteiger partial charge is 0.441 e. The molecule has 1 rings (SSSR count). The minimum absolute atomic E-state index is 0.0219. The van der Waals surface area contributed by atoms with Crippen molar-refractivity contribution in [1.82, 2.24) is 5.32 Å². The van der Waals surface area contributed by atoms with Crippen molar-refractivity contribution < 1.29 is 22.6 Å². The van der Waals surface area contributed by atoms with Gasteiger partial charge in [0.2, 0.25) is 0 Å². The molecule has 0 saturated carbocycles. The van der Waals surface area contributed by atoms with Gasteiger partial charge in [-0.1, -0.05) is 6.07 Å². The minimum atomic E-state index is -4.22. The summed E-state index contributed by atoms with van der Waals surface area (Å²) >= 11 is -0.0983. The lowest BCUT2D eigenvalue weighted by atomic mass is 10.2. The van der Waals surface area contributed by atoms with E-state index in [0.29, 0.717) is 18.0 Å². The van der Waals surface area contributed by atoms with Crippen LogP contribution in [0.15, 0.2) is 18.2 Å². The maximum absolute atomic E-state index is 11.9. The molecule has 0 fully saturated rings. The Morgan fingerprint density at radius 3 is 2.58 bits per heavy atom. The summed E-state index contributed by atoms with van der Waals surface area (Å²) in [6.07, 6.45) is 0. The zero-order valence-corrected chi connectivity index (χ0v) is 11.5. The molecule has 1 N–H and O–H groups in total. The third kappa shape index (κ3) is 6.07. The highest BCUT2D eigenvalue weighted by atomic mass is 32.2. The van der Waals surface area contributed by atoms with E-state index in [1.807, 2.05) is 13.1 Å². The van der Waals surface area contributed by atoms with Crippen molar-refractivity contribution in [2.75, 3.05) is 26.5 Å². The summed E-state index contributed by atoms with van der Waals surface area (Å²) in [7, 11) is 3.32. The second kappa shape index (κ2) is 7.49. The number of rotatable bonds is 7. The Morgan fingerprint density at radius 2 is 2.00 bits per heavy atom. The van der Waals surface area contributed by atoms with Gasteiger partial charge in [-0.2, -0.15) is 13.2 Å². The Hall–Kier alpha value is -1.08. The van der Waals surface area contributed by atoms with Gasteiger partial charge in [0.25, 0.3) is 0 Å². The molecule has 0 amide bonds. The molecule has 1 aromatic rings. The molecule has 1 aromatic carbocycles. The van der Waals surface area contributed by atoms with Gasteiger partial charge in [-0.3, -0.25) is 0 Å². The van der Waals surface area contributed by atoms with Crippen LogP contribution in [0.5, 0.6) is 11.5 Å². The molecule has 0 aliphatic rings. The van der Waals surface area contributed by atoms with Gasteiger partial charge < -0.3 is 14.8 Å². The SMILES string of the molecule is CNCc1ccc(OCCSC(F)(F)F)c(OC)c1. The first-order valence-electron chi connectivity index (χ1n) is 5.61. The highest BCUT2D eigenvalue weighted by Crippen LogP contribution is 2.31. The second-order valence-corrected chi connectivity index (χ2v) is 4.82. The van der Waals surface area contributed by atoms with Crippen molar-refractivity contribution in [2.45, 2.75) is 12.1 Å². The van der Waals surface area contributed by atoms with Crippen LogP contribution in [-0.2, 0) is 6.54 Å². The zero-order chi connectivity index (χ0) is 14.3. The van der Waals surface area contributed by atoms with E-state index in [1.54, 1.807) is 12.1 Å². The number of benzene rings is 1. The number of ether oxygens (including phenoxy) is 2. The van der Waals surface area contributed by atoms with Crippen LogP contribution in [0.1, 0.15) is 5.56 Å². The molecule has 19 heavy (non-hydrogen) atoms. The van der Waals surface area contributed by atoms with Crippen LogP contribution in [0.25, 0.3) is 0 Å². The molecule has 0 heterocycles. The number of methoxy groups -OCH3 is 1. The molecule has 0 aliphatic heterocycles. The number of thioether (sulfide) groups is 1. The van der Waals surface area contributed by atoms with Crippen LogP contribution in [0.3, 0.4) is 0 Å². The third-order valence-electron chi connectivity index (χ3n) is 2.22. The van der Waals surface area contributed by atoms with Gasteiger partial charge in [0.1, 0.15) is 0 Å². The number of hydrogen-bond acceptors (Lipinski definition) is 4. The van der Waals surface area contributed by atoms with Gasteiger partial charge >= 0.3 is 5.51 Å². The molecule has 7 heteroatoms. The highest BCUT2D eigenvalue weighted by Gasteiger charge is 2.27. The summed E-state index contributed by atoms with van der Waals surface area (Å²) in [5, 5.41) is 3.00. The fraction of sp³-hybridized carbons (Fsp3) is 0.500. The Balaban J connectivity index is 2.53. The number of nitrogens with one attached hydrogen (secondary N) is 1. The van der Waals surface area contributed by atoms with Crippen molar-refractivity contribution in [3.63, 3.8) is 0 Å². The van der Waals surface area contributed by atoms with Gasteiger partial charge in [-0.25, -0.2) is 0 Å². The zero-order valence-electron chi connectivity index (χ0n) is 10.7. The summed E-state index contributed by atoms with van der Waals surface area (Å²) in [4.78, 5) is 0. The number of halogens is 3. The Labute approximate surface area is 114 Å². The quantitative estimate of drug-likeness (QED) is 0.783. The monoisotopic (exact) mass is 295 g/mol. The van der Waals surface area contributed by atoms with E-state index in [9.17, 15) is 13.2 Å². The van der Waals surface area contributed by atoms with Crippen LogP contribution in [0, 0.1) is 0 Å². The highest BCUT2D eigenvalue weighted by molar-refractivity contribution is 8.00. The van der Waals surface area contributed by atoms with Crippen molar-refractivity contribution >= 4 is 11.8 Å². The van der Waals surface area contributed by atoms with E-state index in [0.717, 1.165) is 5.56 Å². The van der Waals surface area contributed by atoms with E-state index >= 15 is 0 Å². The summed E-state index contributed by atoms with van der Waals surface area (Å²) in [5.41, 5.74) is -3.21. The Kier molecular flexibility index (Phi) is 6.30. The van der Waals surface area contributed by atoms with E-state index < -0.39 is 5.51 Å². The summed E-state index contributed by atoms with van der Waals surface area (Å²) in [6, 6.07) is 5.33. The summed E-state index contributed by atoms with van der Waals surface area (Å²) in [5.74, 6) is 0.820. The van der Waals surface area contributed by atoms with E-state index in [1.165, 1.54) is 7.11 Å². The van der Waals surface area contributed by atoms with Crippen LogP contribution >= 0.6 is 11.8 Å². The molecular weight excluding hydrogens is 279 g/mol. The van der Waals surface area contributed by atoms with E-state index in [2.05, 4.69) is 5.32 Å². The Bertz CT molecular complexity index is 399. The normalized spacial score (nSPS) is 11.4. The molecule has 0 radical (unpaired) electrons. The first-order chi connectivity index (χ1) is 8.96. The number of alkyl halides is 3. The predicted octanol–water partition coefficient (Wildman–Crippen LogP) is 3.05. The van der Waals surface area contributed by atoms with Crippen molar-refractivity contribution in [3.05, 3.63) is 23.8 Å². The van der Waals surface area contributed by atoms with Crippen molar-refractivity contribution in [2.24, 2.45) is 0 Å². The topological polar surface area (TPSA) is 30.5 Å². The maximum Gasteiger partial charge on any atom is 0.441 e. The average molecular weight is 295 g/mol. The molecule has 108 valence electrons. The predicted molar refractivity (Wildman–Crippen MR) is 69.8 cm³/mol. The first-order valence-corrected chi connectivity index (χ1v) is 6.60. The summed E-state index contributed by atoms with van der Waals surface area (Å²) < 4.78 is 46.3. The Morgan fingerprint density at radius 1 is 1.26 bits per heavy atom. The fourth-order valence-corrected chi connectivity index (χ4v) is 1.85.